The summed E-state index contributed by atoms with van der Waals surface area (Å²) in [5.74, 6) is 6.59. The van der Waals surface area contributed by atoms with Crippen LogP contribution < -0.4 is 4.90 Å². The highest BCUT2D eigenvalue weighted by molar-refractivity contribution is 5.84. The number of hydrogen-bond donors (Lipinski definition) is 0. The normalized spacial score (nSPS) is 14.2. The van der Waals surface area contributed by atoms with Crippen LogP contribution in [0.3, 0.4) is 0 Å². The van der Waals surface area contributed by atoms with Gasteiger partial charge in [0.1, 0.15) is 0 Å². The van der Waals surface area contributed by atoms with Crippen molar-refractivity contribution in [2.24, 2.45) is 0 Å². The summed E-state index contributed by atoms with van der Waals surface area (Å²) in [6.45, 7) is 2.35. The van der Waals surface area contributed by atoms with Crippen LogP contribution in [0.2, 0.25) is 0 Å². The number of benzene rings is 2. The van der Waals surface area contributed by atoms with E-state index in [9.17, 15) is 0 Å². The Morgan fingerprint density at radius 2 is 1.58 bits per heavy atom. The van der Waals surface area contributed by atoms with Crippen molar-refractivity contribution in [2.45, 2.75) is 19.3 Å². The van der Waals surface area contributed by atoms with Crippen LogP contribution in [0.5, 0.6) is 0 Å². The van der Waals surface area contributed by atoms with Gasteiger partial charge < -0.3 is 4.90 Å². The molecule has 0 bridgehead atoms. The summed E-state index contributed by atoms with van der Waals surface area (Å²) in [6.07, 6.45) is 5.79. The molecule has 0 saturated carbocycles. The fraction of sp³-hybridized carbons (Fsp3) is 0.227. The molecule has 0 aliphatic carbocycles. The van der Waals surface area contributed by atoms with Gasteiger partial charge in [0, 0.05) is 41.5 Å². The van der Waals surface area contributed by atoms with Crippen molar-refractivity contribution in [1.82, 2.24) is 4.98 Å². The van der Waals surface area contributed by atoms with E-state index < -0.39 is 0 Å². The average Bonchev–Trinajstić information content (AvgIpc) is 2.67. The molecular formula is C22H20N2. The van der Waals surface area contributed by atoms with Gasteiger partial charge in [-0.25, -0.2) is 0 Å². The van der Waals surface area contributed by atoms with E-state index in [1.165, 1.54) is 38.0 Å². The third-order valence-electron chi connectivity index (χ3n) is 4.58. The highest BCUT2D eigenvalue weighted by Gasteiger charge is 2.10. The number of pyridine rings is 1. The predicted molar refractivity (Wildman–Crippen MR) is 100 cm³/mol. The lowest BCUT2D eigenvalue weighted by Gasteiger charge is -2.28. The maximum atomic E-state index is 4.39. The van der Waals surface area contributed by atoms with Crippen LogP contribution in [0.25, 0.3) is 10.9 Å². The molecule has 2 aromatic carbocycles. The summed E-state index contributed by atoms with van der Waals surface area (Å²) in [7, 11) is 0. The first-order valence-electron chi connectivity index (χ1n) is 8.61. The van der Waals surface area contributed by atoms with Crippen molar-refractivity contribution >= 4 is 16.6 Å². The molecule has 1 fully saturated rings. The largest absolute Gasteiger partial charge is 0.372 e. The summed E-state index contributed by atoms with van der Waals surface area (Å²) in [4.78, 5) is 6.86. The summed E-state index contributed by atoms with van der Waals surface area (Å²) in [6, 6.07) is 18.8. The second-order valence-corrected chi connectivity index (χ2v) is 6.22. The van der Waals surface area contributed by atoms with Gasteiger partial charge in [-0.1, -0.05) is 30.0 Å². The Kier molecular flexibility index (Phi) is 4.16. The van der Waals surface area contributed by atoms with E-state index in [4.69, 9.17) is 0 Å². The lowest BCUT2D eigenvalue weighted by molar-refractivity contribution is 0.578. The number of fused-ring (bicyclic) bond motifs is 1. The molecule has 24 heavy (non-hydrogen) atoms. The minimum atomic E-state index is 0.991. The van der Waals surface area contributed by atoms with Gasteiger partial charge in [-0.2, -0.15) is 0 Å². The van der Waals surface area contributed by atoms with E-state index in [2.05, 4.69) is 52.1 Å². The first-order chi connectivity index (χ1) is 11.9. The molecule has 2 heteroatoms. The molecule has 0 N–H and O–H groups in total. The molecule has 0 amide bonds. The Hall–Kier alpha value is -2.79. The SMILES string of the molecule is C(#Cc1ccnc2ccccc12)c1ccc(N2CCCCC2)cc1. The van der Waals surface area contributed by atoms with Crippen LogP contribution in [-0.2, 0) is 0 Å². The lowest BCUT2D eigenvalue weighted by atomic mass is 10.1. The molecule has 1 aliphatic heterocycles. The quantitative estimate of drug-likeness (QED) is 0.609. The molecule has 118 valence electrons. The molecule has 2 nitrogen and oxygen atoms in total. The fourth-order valence-corrected chi connectivity index (χ4v) is 3.25. The van der Waals surface area contributed by atoms with Gasteiger partial charge in [0.05, 0.1) is 5.52 Å². The highest BCUT2D eigenvalue weighted by atomic mass is 15.1. The van der Waals surface area contributed by atoms with Crippen LogP contribution in [0.15, 0.2) is 60.8 Å². The molecule has 4 rings (SSSR count). The second-order valence-electron chi connectivity index (χ2n) is 6.22. The van der Waals surface area contributed by atoms with Crippen LogP contribution in [0.4, 0.5) is 5.69 Å². The van der Waals surface area contributed by atoms with Crippen LogP contribution in [-0.4, -0.2) is 18.1 Å². The molecule has 1 aliphatic rings. The zero-order valence-corrected chi connectivity index (χ0v) is 13.7. The van der Waals surface area contributed by atoms with Gasteiger partial charge >= 0.3 is 0 Å². The lowest BCUT2D eigenvalue weighted by Crippen LogP contribution is -2.29. The molecule has 0 atom stereocenters. The molecule has 1 aromatic heterocycles. The van der Waals surface area contributed by atoms with Crippen LogP contribution in [0.1, 0.15) is 30.4 Å². The van der Waals surface area contributed by atoms with Gasteiger partial charge in [-0.15, -0.1) is 0 Å². The average molecular weight is 312 g/mol. The fourth-order valence-electron chi connectivity index (χ4n) is 3.25. The molecule has 0 spiro atoms. The first-order valence-corrected chi connectivity index (χ1v) is 8.61. The van der Waals surface area contributed by atoms with Crippen LogP contribution >= 0.6 is 0 Å². The highest BCUT2D eigenvalue weighted by Crippen LogP contribution is 2.20. The summed E-state index contributed by atoms with van der Waals surface area (Å²) < 4.78 is 0. The molecule has 0 radical (unpaired) electrons. The molecule has 1 saturated heterocycles. The van der Waals surface area contributed by atoms with Gasteiger partial charge in [-0.05, 0) is 55.7 Å². The van der Waals surface area contributed by atoms with Crippen LogP contribution in [0, 0.1) is 11.8 Å². The number of hydrogen-bond acceptors (Lipinski definition) is 2. The maximum Gasteiger partial charge on any atom is 0.0714 e. The summed E-state index contributed by atoms with van der Waals surface area (Å²) in [5, 5.41) is 1.11. The molecule has 0 unspecified atom stereocenters. The Balaban J connectivity index is 1.58. The van der Waals surface area contributed by atoms with Gasteiger partial charge in [0.25, 0.3) is 0 Å². The zero-order valence-electron chi connectivity index (χ0n) is 13.7. The number of anilines is 1. The van der Waals surface area contributed by atoms with E-state index in [1.54, 1.807) is 0 Å². The minimum absolute atomic E-state index is 0.991. The minimum Gasteiger partial charge on any atom is -0.372 e. The van der Waals surface area contributed by atoms with E-state index in [0.717, 1.165) is 22.0 Å². The van der Waals surface area contributed by atoms with Gasteiger partial charge in [-0.3, -0.25) is 4.98 Å². The van der Waals surface area contributed by atoms with Crippen molar-refractivity contribution < 1.29 is 0 Å². The third kappa shape index (κ3) is 3.12. The standard InChI is InChI=1S/C22H20N2/c1-4-16-24(17-5-1)20-12-9-18(10-13-20)8-11-19-14-15-23-22-7-3-2-6-21(19)22/h2-3,6-7,9-10,12-15H,1,4-5,16-17H2. The number of piperidine rings is 1. The summed E-state index contributed by atoms with van der Waals surface area (Å²) in [5.41, 5.74) is 4.39. The summed E-state index contributed by atoms with van der Waals surface area (Å²) >= 11 is 0. The van der Waals surface area contributed by atoms with E-state index in [0.29, 0.717) is 0 Å². The topological polar surface area (TPSA) is 16.1 Å². The number of rotatable bonds is 1. The van der Waals surface area contributed by atoms with Crippen molar-refractivity contribution in [1.29, 1.82) is 0 Å². The Labute approximate surface area is 143 Å². The first kappa shape index (κ1) is 14.8. The Morgan fingerprint density at radius 1 is 0.792 bits per heavy atom. The predicted octanol–water partition coefficient (Wildman–Crippen LogP) is 4.62. The van der Waals surface area contributed by atoms with Crippen molar-refractivity contribution in [3.8, 4) is 11.8 Å². The van der Waals surface area contributed by atoms with Gasteiger partial charge in [0.2, 0.25) is 0 Å². The van der Waals surface area contributed by atoms with E-state index >= 15 is 0 Å². The Bertz CT molecular complexity index is 889. The number of aromatic nitrogens is 1. The van der Waals surface area contributed by atoms with Gasteiger partial charge in [0.15, 0.2) is 0 Å². The number of nitrogens with zero attached hydrogens (tertiary/aromatic N) is 2. The molecular weight excluding hydrogens is 292 g/mol. The zero-order chi connectivity index (χ0) is 16.2. The van der Waals surface area contributed by atoms with E-state index in [-0.39, 0.29) is 0 Å². The smallest absolute Gasteiger partial charge is 0.0714 e. The molecule has 2 heterocycles. The molecule has 3 aromatic rings. The van der Waals surface area contributed by atoms with Crippen molar-refractivity contribution in [3.63, 3.8) is 0 Å². The van der Waals surface area contributed by atoms with Crippen molar-refractivity contribution in [3.05, 3.63) is 71.9 Å². The monoisotopic (exact) mass is 312 g/mol. The van der Waals surface area contributed by atoms with E-state index in [1.807, 2.05) is 30.5 Å². The maximum absolute atomic E-state index is 4.39. The number of para-hydroxylation sites is 1. The Morgan fingerprint density at radius 3 is 2.42 bits per heavy atom. The third-order valence-corrected chi connectivity index (χ3v) is 4.58. The van der Waals surface area contributed by atoms with Crippen molar-refractivity contribution in [2.75, 3.05) is 18.0 Å². The second kappa shape index (κ2) is 6.76.